The van der Waals surface area contributed by atoms with Crippen LogP contribution in [-0.2, 0) is 14.8 Å². The average Bonchev–Trinajstić information content (AvgIpc) is 3.50. The number of carbonyl (C=O) groups is 1. The van der Waals surface area contributed by atoms with Crippen LogP contribution in [0, 0.1) is 5.41 Å². The minimum atomic E-state index is -1.83. The summed E-state index contributed by atoms with van der Waals surface area (Å²) in [5.74, 6) is 1.65. The predicted molar refractivity (Wildman–Crippen MR) is 183 cm³/mol. The minimum Gasteiger partial charge on any atom is -0.416 e. The van der Waals surface area contributed by atoms with Crippen molar-refractivity contribution in [3.8, 4) is 11.4 Å². The molecule has 5 rings (SSSR count). The molecule has 2 aromatic heterocycles. The lowest BCUT2D eigenvalue weighted by Crippen LogP contribution is -2.65. The van der Waals surface area contributed by atoms with E-state index in [1.165, 1.54) is 5.56 Å². The lowest BCUT2D eigenvalue weighted by molar-refractivity contribution is -0.137. The predicted octanol–water partition coefficient (Wildman–Crippen LogP) is 6.56. The maximum absolute atomic E-state index is 12.9. The fraction of sp³-hybridized carbons (Fsp3) is 0.611. The average molecular weight is 648 g/mol. The molecule has 2 fully saturated rings. The number of nitrogens with zero attached hydrogens (tertiary/aromatic N) is 5. The summed E-state index contributed by atoms with van der Waals surface area (Å²) in [6.07, 6.45) is 5.09. The van der Waals surface area contributed by atoms with Gasteiger partial charge in [0.15, 0.2) is 8.32 Å². The highest BCUT2D eigenvalue weighted by Crippen LogP contribution is 2.51. The molecule has 0 spiro atoms. The van der Waals surface area contributed by atoms with E-state index in [-0.39, 0.29) is 16.9 Å². The number of hydrogen-bond acceptors (Lipinski definition) is 8. The number of aliphatic hydroxyl groups is 1. The van der Waals surface area contributed by atoms with Gasteiger partial charge in [-0.3, -0.25) is 14.7 Å². The van der Waals surface area contributed by atoms with E-state index in [4.69, 9.17) is 13.9 Å². The molecule has 2 saturated heterocycles. The number of amides is 1. The van der Waals surface area contributed by atoms with Gasteiger partial charge >= 0.3 is 0 Å². The van der Waals surface area contributed by atoms with Crippen LogP contribution in [-0.4, -0.2) is 83.6 Å². The summed E-state index contributed by atoms with van der Waals surface area (Å²) in [6.45, 7) is 23.9. The second kappa shape index (κ2) is 12.9. The van der Waals surface area contributed by atoms with E-state index in [2.05, 4.69) is 93.9 Å². The van der Waals surface area contributed by atoms with Crippen LogP contribution in [0.5, 0.6) is 0 Å². The second-order valence-electron chi connectivity index (χ2n) is 15.6. The first kappa shape index (κ1) is 34.4. The highest BCUT2D eigenvalue weighted by atomic mass is 28.4. The number of piperidine rings is 1. The topological polar surface area (TPSA) is 105 Å². The van der Waals surface area contributed by atoms with Crippen molar-refractivity contribution in [1.29, 1.82) is 0 Å². The van der Waals surface area contributed by atoms with Crippen LogP contribution in [0.3, 0.4) is 0 Å². The van der Waals surface area contributed by atoms with Gasteiger partial charge in [-0.2, -0.15) is 4.98 Å². The van der Waals surface area contributed by atoms with Crippen LogP contribution >= 0.6 is 0 Å². The Labute approximate surface area is 275 Å². The quantitative estimate of drug-likeness (QED) is 0.247. The number of likely N-dealkylation sites (tertiary alicyclic amines) is 2. The molecule has 10 heteroatoms. The Morgan fingerprint density at radius 2 is 1.76 bits per heavy atom. The van der Waals surface area contributed by atoms with E-state index in [0.29, 0.717) is 48.5 Å². The van der Waals surface area contributed by atoms with Gasteiger partial charge in [0.25, 0.3) is 0 Å². The fourth-order valence-electron chi connectivity index (χ4n) is 6.67. The first-order valence-corrected chi connectivity index (χ1v) is 19.7. The molecular weight excluding hydrogens is 595 g/mol. The lowest BCUT2D eigenvalue weighted by Gasteiger charge is -2.57. The number of pyridine rings is 1. The summed E-state index contributed by atoms with van der Waals surface area (Å²) in [6, 6.07) is 10.3. The molecule has 46 heavy (non-hydrogen) atoms. The summed E-state index contributed by atoms with van der Waals surface area (Å²) in [7, 11) is -1.83. The molecule has 3 aromatic rings. The molecular formula is C36H53N5O4Si. The third-order valence-electron chi connectivity index (χ3n) is 10.8. The van der Waals surface area contributed by atoms with E-state index in [1.807, 2.05) is 11.0 Å². The Kier molecular flexibility index (Phi) is 9.68. The van der Waals surface area contributed by atoms with Crippen molar-refractivity contribution in [3.05, 3.63) is 65.3 Å². The first-order chi connectivity index (χ1) is 21.5. The van der Waals surface area contributed by atoms with Crippen molar-refractivity contribution >= 4 is 14.2 Å². The molecule has 2 aliphatic rings. The van der Waals surface area contributed by atoms with Gasteiger partial charge in [-0.15, -0.1) is 0 Å². The Bertz CT molecular complexity index is 1500. The smallest absolute Gasteiger partial charge is 0.230 e. The molecule has 1 N–H and O–H groups in total. The van der Waals surface area contributed by atoms with E-state index < -0.39 is 19.3 Å². The Hall–Kier alpha value is -2.92. The van der Waals surface area contributed by atoms with Gasteiger partial charge in [-0.05, 0) is 54.1 Å². The zero-order valence-corrected chi connectivity index (χ0v) is 30.3. The fourth-order valence-corrected chi connectivity index (χ4v) is 7.70. The summed E-state index contributed by atoms with van der Waals surface area (Å²) < 4.78 is 12.2. The van der Waals surface area contributed by atoms with Crippen molar-refractivity contribution in [2.45, 2.75) is 96.9 Å². The monoisotopic (exact) mass is 647 g/mol. The van der Waals surface area contributed by atoms with Crippen LogP contribution in [0.2, 0.25) is 18.1 Å². The minimum absolute atomic E-state index is 0.0987. The van der Waals surface area contributed by atoms with Crippen molar-refractivity contribution in [3.63, 3.8) is 0 Å². The van der Waals surface area contributed by atoms with E-state index in [1.54, 1.807) is 19.3 Å². The maximum atomic E-state index is 12.9. The normalized spacial score (nSPS) is 19.2. The summed E-state index contributed by atoms with van der Waals surface area (Å²) in [4.78, 5) is 25.3. The van der Waals surface area contributed by atoms with Crippen LogP contribution in [0.1, 0.15) is 95.7 Å². The van der Waals surface area contributed by atoms with Gasteiger partial charge in [0.2, 0.25) is 17.6 Å². The highest BCUT2D eigenvalue weighted by Gasteiger charge is 2.56. The van der Waals surface area contributed by atoms with Crippen LogP contribution in [0.25, 0.3) is 11.4 Å². The number of benzene rings is 1. The summed E-state index contributed by atoms with van der Waals surface area (Å²) >= 11 is 0. The molecule has 1 aromatic carbocycles. The Morgan fingerprint density at radius 1 is 1.11 bits per heavy atom. The SMILES string of the molecule is CC(=O)N1CCC(c2nc(-c3cncc([C@@](O)(c4ccc(C(C)C)cc4)C4(C)CN(CCO[Si](C)(C)C(C)(C)C)C4)c3)no2)CC1. The molecule has 0 unspecified atom stereocenters. The molecule has 250 valence electrons. The maximum Gasteiger partial charge on any atom is 0.230 e. The zero-order chi connectivity index (χ0) is 33.5. The van der Waals surface area contributed by atoms with Gasteiger partial charge < -0.3 is 19.0 Å². The van der Waals surface area contributed by atoms with Crippen LogP contribution in [0.4, 0.5) is 0 Å². The molecule has 4 heterocycles. The lowest BCUT2D eigenvalue weighted by atomic mass is 9.62. The molecule has 0 bridgehead atoms. The number of carbonyl (C=O) groups excluding carboxylic acids is 1. The largest absolute Gasteiger partial charge is 0.416 e. The number of aromatic nitrogens is 3. The molecule has 0 saturated carbocycles. The molecule has 9 nitrogen and oxygen atoms in total. The third kappa shape index (κ3) is 6.72. The first-order valence-electron chi connectivity index (χ1n) is 16.8. The highest BCUT2D eigenvalue weighted by molar-refractivity contribution is 6.74. The summed E-state index contributed by atoms with van der Waals surface area (Å²) in [5.41, 5.74) is 1.73. The van der Waals surface area contributed by atoms with E-state index in [9.17, 15) is 9.90 Å². The van der Waals surface area contributed by atoms with Crippen molar-refractivity contribution < 1.29 is 18.9 Å². The number of rotatable bonds is 10. The van der Waals surface area contributed by atoms with Gasteiger partial charge in [-0.1, -0.05) is 71.0 Å². The van der Waals surface area contributed by atoms with E-state index in [0.717, 1.165) is 38.0 Å². The summed E-state index contributed by atoms with van der Waals surface area (Å²) in [5, 5.41) is 17.4. The van der Waals surface area contributed by atoms with Gasteiger partial charge in [0, 0.05) is 81.1 Å². The van der Waals surface area contributed by atoms with Crippen molar-refractivity contribution in [2.24, 2.45) is 5.41 Å². The van der Waals surface area contributed by atoms with Crippen molar-refractivity contribution in [1.82, 2.24) is 24.9 Å². The Morgan fingerprint density at radius 3 is 2.35 bits per heavy atom. The zero-order valence-electron chi connectivity index (χ0n) is 29.3. The van der Waals surface area contributed by atoms with Crippen LogP contribution in [0.15, 0.2) is 47.2 Å². The molecule has 1 amide bonds. The van der Waals surface area contributed by atoms with Gasteiger partial charge in [0.05, 0.1) is 0 Å². The number of hydrogen-bond donors (Lipinski definition) is 1. The molecule has 1 atom stereocenters. The molecule has 2 aliphatic heterocycles. The Balaban J connectivity index is 1.39. The van der Waals surface area contributed by atoms with Gasteiger partial charge in [0.1, 0.15) is 5.60 Å². The second-order valence-corrected chi connectivity index (χ2v) is 20.4. The third-order valence-corrected chi connectivity index (χ3v) is 15.4. The standard InChI is InChI=1S/C36H53N5O4Si/c1-25(2)27-10-12-30(13-11-27)36(43,35(7)23-40(24-35)18-19-44-46(8,9)34(4,5)6)31-20-29(21-37-22-31)32-38-33(45-39-32)28-14-16-41(17-15-28)26(3)42/h10-13,20-22,25,28,43H,14-19,23-24H2,1-9H3/t36-/m0/s1. The van der Waals surface area contributed by atoms with Crippen LogP contribution < -0.4 is 0 Å². The molecule has 0 radical (unpaired) electrons. The van der Waals surface area contributed by atoms with E-state index >= 15 is 0 Å². The molecule has 0 aliphatic carbocycles. The van der Waals surface area contributed by atoms with Gasteiger partial charge in [-0.25, -0.2) is 0 Å². The van der Waals surface area contributed by atoms with Crippen molar-refractivity contribution in [2.75, 3.05) is 39.3 Å².